The first-order chi connectivity index (χ1) is 12.7. The molecule has 4 nitrogen and oxygen atoms in total. The molecule has 136 valence electrons. The van der Waals surface area contributed by atoms with Crippen LogP contribution in [0.15, 0.2) is 24.3 Å². The van der Waals surface area contributed by atoms with Crippen LogP contribution in [0.2, 0.25) is 0 Å². The van der Waals surface area contributed by atoms with Crippen molar-refractivity contribution in [1.82, 2.24) is 15.1 Å². The number of H-pyrrole nitrogens is 1. The van der Waals surface area contributed by atoms with Gasteiger partial charge in [-0.15, -0.1) is 0 Å². The second-order valence-electron chi connectivity index (χ2n) is 8.05. The van der Waals surface area contributed by atoms with Crippen LogP contribution in [0.5, 0.6) is 0 Å². The smallest absolute Gasteiger partial charge is 0.275 e. The third-order valence-corrected chi connectivity index (χ3v) is 6.57. The number of aryl methyl sites for hydroxylation is 1. The molecule has 2 aromatic rings. The highest BCUT2D eigenvalue weighted by atomic mass is 19.1. The summed E-state index contributed by atoms with van der Waals surface area (Å²) in [6, 6.07) is 7.47. The minimum Gasteiger partial charge on any atom is -0.331 e. The van der Waals surface area contributed by atoms with Crippen LogP contribution >= 0.6 is 0 Å². The molecule has 1 amide bonds. The van der Waals surface area contributed by atoms with Crippen LogP contribution in [0.3, 0.4) is 0 Å². The van der Waals surface area contributed by atoms with Gasteiger partial charge in [0.15, 0.2) is 5.69 Å². The molecule has 0 saturated carbocycles. The van der Waals surface area contributed by atoms with Crippen molar-refractivity contribution in [3.05, 3.63) is 52.6 Å². The first-order valence-corrected chi connectivity index (χ1v) is 9.85. The lowest BCUT2D eigenvalue weighted by Gasteiger charge is -2.39. The van der Waals surface area contributed by atoms with Crippen LogP contribution < -0.4 is 0 Å². The van der Waals surface area contributed by atoms with Gasteiger partial charge in [0, 0.05) is 23.3 Å². The number of benzene rings is 1. The van der Waals surface area contributed by atoms with Crippen molar-refractivity contribution >= 4 is 5.91 Å². The predicted molar refractivity (Wildman–Crippen MR) is 96.6 cm³/mol. The molecule has 2 unspecified atom stereocenters. The van der Waals surface area contributed by atoms with E-state index in [1.165, 1.54) is 12.0 Å². The standard InChI is InChI=1S/C21H24FN3O/c22-15-7-5-13(6-8-15)14-11-16-9-10-17(12-14)25(16)21(26)20-18-3-1-2-4-19(18)23-24-20/h5-8,14,16-17H,1-4,9-12H2,(H,23,24). The number of aromatic nitrogens is 2. The van der Waals surface area contributed by atoms with Crippen molar-refractivity contribution in [2.24, 2.45) is 0 Å². The van der Waals surface area contributed by atoms with Crippen LogP contribution in [-0.4, -0.2) is 33.1 Å². The zero-order valence-corrected chi connectivity index (χ0v) is 14.9. The van der Waals surface area contributed by atoms with Gasteiger partial charge in [0.2, 0.25) is 0 Å². The summed E-state index contributed by atoms with van der Waals surface area (Å²) in [7, 11) is 0. The summed E-state index contributed by atoms with van der Waals surface area (Å²) >= 11 is 0. The minimum atomic E-state index is -0.187. The maximum atomic E-state index is 13.3. The normalized spacial score (nSPS) is 27.4. The van der Waals surface area contributed by atoms with E-state index in [1.54, 1.807) is 12.1 Å². The Bertz CT molecular complexity index is 814. The number of nitrogens with zero attached hydrogens (tertiary/aromatic N) is 2. The topological polar surface area (TPSA) is 49.0 Å². The predicted octanol–water partition coefficient (Wildman–Crippen LogP) is 3.98. The van der Waals surface area contributed by atoms with E-state index < -0.39 is 0 Å². The van der Waals surface area contributed by atoms with Gasteiger partial charge in [0.1, 0.15) is 5.82 Å². The van der Waals surface area contributed by atoms with E-state index in [4.69, 9.17) is 0 Å². The van der Waals surface area contributed by atoms with E-state index in [2.05, 4.69) is 15.1 Å². The minimum absolute atomic E-state index is 0.120. The molecule has 2 bridgehead atoms. The second kappa shape index (κ2) is 6.22. The molecule has 26 heavy (non-hydrogen) atoms. The zero-order chi connectivity index (χ0) is 17.7. The van der Waals surface area contributed by atoms with Crippen LogP contribution in [0.1, 0.15) is 71.8 Å². The van der Waals surface area contributed by atoms with Crippen LogP contribution in [0.4, 0.5) is 4.39 Å². The monoisotopic (exact) mass is 353 g/mol. The molecule has 3 aliphatic rings. The lowest BCUT2D eigenvalue weighted by atomic mass is 9.84. The number of hydrogen-bond donors (Lipinski definition) is 1. The Hall–Kier alpha value is -2.17. The average molecular weight is 353 g/mol. The quantitative estimate of drug-likeness (QED) is 0.888. The number of carbonyl (C=O) groups is 1. The van der Waals surface area contributed by atoms with E-state index >= 15 is 0 Å². The second-order valence-corrected chi connectivity index (χ2v) is 8.05. The number of piperidine rings is 1. The molecule has 5 heteroatoms. The first-order valence-electron chi connectivity index (χ1n) is 9.85. The lowest BCUT2D eigenvalue weighted by Crippen LogP contribution is -2.46. The summed E-state index contributed by atoms with van der Waals surface area (Å²) in [5.74, 6) is 0.354. The van der Waals surface area contributed by atoms with Crippen molar-refractivity contribution in [3.8, 4) is 0 Å². The Kier molecular flexibility index (Phi) is 3.84. The molecular weight excluding hydrogens is 329 g/mol. The summed E-state index contributed by atoms with van der Waals surface area (Å²) in [5.41, 5.74) is 4.18. The molecule has 5 rings (SSSR count). The molecule has 1 aromatic heterocycles. The summed E-state index contributed by atoms with van der Waals surface area (Å²) in [6.45, 7) is 0. The lowest BCUT2D eigenvalue weighted by molar-refractivity contribution is 0.0564. The van der Waals surface area contributed by atoms with Gasteiger partial charge in [0.25, 0.3) is 5.91 Å². The highest BCUT2D eigenvalue weighted by molar-refractivity contribution is 5.94. The first kappa shape index (κ1) is 16.0. The van der Waals surface area contributed by atoms with Gasteiger partial charge in [-0.05, 0) is 75.0 Å². The fraction of sp³-hybridized carbons (Fsp3) is 0.524. The van der Waals surface area contributed by atoms with Crippen molar-refractivity contribution in [1.29, 1.82) is 0 Å². The van der Waals surface area contributed by atoms with E-state index in [0.717, 1.165) is 56.2 Å². The van der Waals surface area contributed by atoms with E-state index in [9.17, 15) is 9.18 Å². The maximum Gasteiger partial charge on any atom is 0.275 e. The fourth-order valence-electron chi connectivity index (χ4n) is 5.30. The third-order valence-electron chi connectivity index (χ3n) is 6.57. The van der Waals surface area contributed by atoms with Gasteiger partial charge in [-0.2, -0.15) is 5.10 Å². The molecule has 1 N–H and O–H groups in total. The van der Waals surface area contributed by atoms with Gasteiger partial charge in [0.05, 0.1) is 0 Å². The number of hydrogen-bond acceptors (Lipinski definition) is 2. The maximum absolute atomic E-state index is 13.3. The van der Waals surface area contributed by atoms with Crippen molar-refractivity contribution < 1.29 is 9.18 Å². The SMILES string of the molecule is O=C(c1n[nH]c2c1CCCC2)N1C2CCC1CC(c1ccc(F)cc1)C2. The summed E-state index contributed by atoms with van der Waals surface area (Å²) in [4.78, 5) is 15.4. The molecule has 0 spiro atoms. The number of aromatic amines is 1. The Morgan fingerprint density at radius 2 is 1.77 bits per heavy atom. The molecule has 2 fully saturated rings. The van der Waals surface area contributed by atoms with Crippen molar-refractivity contribution in [2.75, 3.05) is 0 Å². The number of amides is 1. The van der Waals surface area contributed by atoms with Gasteiger partial charge >= 0.3 is 0 Å². The number of nitrogens with one attached hydrogen (secondary N) is 1. The zero-order valence-electron chi connectivity index (χ0n) is 14.9. The third kappa shape index (κ3) is 2.56. The van der Waals surface area contributed by atoms with Crippen molar-refractivity contribution in [2.45, 2.75) is 69.4 Å². The molecule has 2 atom stereocenters. The molecule has 2 aliphatic heterocycles. The van der Waals surface area contributed by atoms with Crippen molar-refractivity contribution in [3.63, 3.8) is 0 Å². The van der Waals surface area contributed by atoms with E-state index in [1.807, 2.05) is 12.1 Å². The molecule has 2 saturated heterocycles. The highest BCUT2D eigenvalue weighted by Gasteiger charge is 2.44. The Morgan fingerprint density at radius 3 is 2.50 bits per heavy atom. The Morgan fingerprint density at radius 1 is 1.08 bits per heavy atom. The van der Waals surface area contributed by atoms with Gasteiger partial charge in [-0.1, -0.05) is 12.1 Å². The Labute approximate surface area is 152 Å². The van der Waals surface area contributed by atoms with Crippen LogP contribution in [0, 0.1) is 5.82 Å². The molecule has 0 radical (unpaired) electrons. The summed E-state index contributed by atoms with van der Waals surface area (Å²) in [6.07, 6.45) is 8.38. The number of halogens is 1. The summed E-state index contributed by atoms with van der Waals surface area (Å²) < 4.78 is 13.2. The van der Waals surface area contributed by atoms with Gasteiger partial charge in [-0.25, -0.2) is 4.39 Å². The van der Waals surface area contributed by atoms with E-state index in [0.29, 0.717) is 11.6 Å². The Balaban J connectivity index is 1.38. The van der Waals surface area contributed by atoms with Crippen LogP contribution in [0.25, 0.3) is 0 Å². The van der Waals surface area contributed by atoms with E-state index in [-0.39, 0.29) is 23.8 Å². The number of rotatable bonds is 2. The largest absolute Gasteiger partial charge is 0.331 e. The molecule has 3 heterocycles. The van der Waals surface area contributed by atoms with Crippen LogP contribution in [-0.2, 0) is 12.8 Å². The fourth-order valence-corrected chi connectivity index (χ4v) is 5.30. The molecule has 1 aliphatic carbocycles. The average Bonchev–Trinajstić information content (AvgIpc) is 3.20. The van der Waals surface area contributed by atoms with Gasteiger partial charge < -0.3 is 4.90 Å². The number of carbonyl (C=O) groups excluding carboxylic acids is 1. The molecular formula is C21H24FN3O. The highest BCUT2D eigenvalue weighted by Crippen LogP contribution is 2.44. The molecule has 1 aromatic carbocycles. The van der Waals surface area contributed by atoms with Gasteiger partial charge in [-0.3, -0.25) is 9.89 Å². The summed E-state index contributed by atoms with van der Waals surface area (Å²) in [5, 5.41) is 7.50. The number of fused-ring (bicyclic) bond motifs is 3.